The molecule has 1 heterocycles. The Balaban J connectivity index is 2.21. The zero-order chi connectivity index (χ0) is 13.2. The van der Waals surface area contributed by atoms with E-state index in [2.05, 4.69) is 0 Å². The first kappa shape index (κ1) is 12.4. The molecular formula is C13H9F3O2. The summed E-state index contributed by atoms with van der Waals surface area (Å²) in [6, 6.07) is 6.01. The quantitative estimate of drug-likeness (QED) is 0.781. The lowest BCUT2D eigenvalue weighted by Crippen LogP contribution is -2.08. The second-order valence-corrected chi connectivity index (χ2v) is 3.81. The van der Waals surface area contributed by atoms with Crippen molar-refractivity contribution < 1.29 is 22.4 Å². The van der Waals surface area contributed by atoms with Gasteiger partial charge in [-0.1, -0.05) is 12.1 Å². The lowest BCUT2D eigenvalue weighted by Gasteiger charge is -2.07. The molecule has 2 nitrogen and oxygen atoms in total. The Kier molecular flexibility index (Phi) is 3.23. The van der Waals surface area contributed by atoms with Gasteiger partial charge < -0.3 is 4.42 Å². The van der Waals surface area contributed by atoms with E-state index in [4.69, 9.17) is 4.42 Å². The number of Topliss-reactive ketones (excluding diaryl/α,β-unsaturated/α-hetero) is 1. The van der Waals surface area contributed by atoms with Crippen LogP contribution in [-0.2, 0) is 12.6 Å². The van der Waals surface area contributed by atoms with Gasteiger partial charge in [0.15, 0.2) is 5.78 Å². The predicted octanol–water partition coefficient (Wildman–Crippen LogP) is 3.72. The van der Waals surface area contributed by atoms with Crippen molar-refractivity contribution >= 4 is 5.78 Å². The fourth-order valence-corrected chi connectivity index (χ4v) is 1.55. The molecule has 94 valence electrons. The molecule has 2 rings (SSSR count). The topological polar surface area (TPSA) is 30.2 Å². The number of furan rings is 1. The number of benzene rings is 1. The smallest absolute Gasteiger partial charge is 0.416 e. The van der Waals surface area contributed by atoms with Crippen LogP contribution in [0.4, 0.5) is 13.2 Å². The van der Waals surface area contributed by atoms with Crippen LogP contribution in [0, 0.1) is 0 Å². The molecule has 0 spiro atoms. The van der Waals surface area contributed by atoms with Crippen LogP contribution in [0.1, 0.15) is 21.5 Å². The molecule has 0 aliphatic carbocycles. The minimum Gasteiger partial charge on any atom is -0.472 e. The molecule has 0 unspecified atom stereocenters. The number of carbonyl (C=O) groups is 1. The maximum absolute atomic E-state index is 12.5. The highest BCUT2D eigenvalue weighted by molar-refractivity contribution is 5.97. The minimum absolute atomic E-state index is 0.0256. The third-order valence-corrected chi connectivity index (χ3v) is 2.46. The SMILES string of the molecule is O=C(Cc1ccoc1)c1cccc(C(F)(F)F)c1. The average molecular weight is 254 g/mol. The number of rotatable bonds is 3. The molecule has 0 fully saturated rings. The van der Waals surface area contributed by atoms with Crippen molar-refractivity contribution in [3.05, 3.63) is 59.5 Å². The zero-order valence-electron chi connectivity index (χ0n) is 9.20. The van der Waals surface area contributed by atoms with E-state index in [-0.39, 0.29) is 17.8 Å². The summed E-state index contributed by atoms with van der Waals surface area (Å²) in [4.78, 5) is 11.8. The first-order chi connectivity index (χ1) is 8.47. The minimum atomic E-state index is -4.44. The third kappa shape index (κ3) is 2.80. The van der Waals surface area contributed by atoms with Gasteiger partial charge in [0.05, 0.1) is 18.1 Å². The van der Waals surface area contributed by atoms with Gasteiger partial charge in [-0.05, 0) is 23.8 Å². The second kappa shape index (κ2) is 4.68. The predicted molar refractivity (Wildman–Crippen MR) is 58.2 cm³/mol. The van der Waals surface area contributed by atoms with E-state index in [0.29, 0.717) is 5.56 Å². The van der Waals surface area contributed by atoms with Gasteiger partial charge in [-0.15, -0.1) is 0 Å². The van der Waals surface area contributed by atoms with Gasteiger partial charge in [0.25, 0.3) is 0 Å². The number of halogens is 3. The van der Waals surface area contributed by atoms with E-state index in [1.54, 1.807) is 6.07 Å². The summed E-state index contributed by atoms with van der Waals surface area (Å²) < 4.78 is 42.2. The van der Waals surface area contributed by atoms with Crippen LogP contribution in [0.5, 0.6) is 0 Å². The summed E-state index contributed by atoms with van der Waals surface area (Å²) in [6.07, 6.45) is -1.61. The number of ketones is 1. The lowest BCUT2D eigenvalue weighted by atomic mass is 10.0. The van der Waals surface area contributed by atoms with Crippen molar-refractivity contribution in [2.75, 3.05) is 0 Å². The molecule has 0 bridgehead atoms. The molecule has 1 aromatic heterocycles. The highest BCUT2D eigenvalue weighted by Gasteiger charge is 2.30. The van der Waals surface area contributed by atoms with E-state index < -0.39 is 11.7 Å². The molecule has 0 aliphatic heterocycles. The van der Waals surface area contributed by atoms with E-state index in [1.165, 1.54) is 24.7 Å². The van der Waals surface area contributed by atoms with Crippen LogP contribution >= 0.6 is 0 Å². The Morgan fingerprint density at radius 1 is 1.22 bits per heavy atom. The van der Waals surface area contributed by atoms with Crippen LogP contribution in [0.25, 0.3) is 0 Å². The Morgan fingerprint density at radius 3 is 2.61 bits per heavy atom. The molecule has 0 saturated heterocycles. The average Bonchev–Trinajstić information content (AvgIpc) is 2.81. The molecule has 0 N–H and O–H groups in total. The van der Waals surface area contributed by atoms with Gasteiger partial charge in [-0.25, -0.2) is 0 Å². The van der Waals surface area contributed by atoms with Gasteiger partial charge in [-0.2, -0.15) is 13.2 Å². The standard InChI is InChI=1S/C13H9F3O2/c14-13(15,16)11-3-1-2-10(7-11)12(17)6-9-4-5-18-8-9/h1-5,7-8H,6H2. The van der Waals surface area contributed by atoms with Crippen molar-refractivity contribution in [3.63, 3.8) is 0 Å². The summed E-state index contributed by atoms with van der Waals surface area (Å²) in [5.41, 5.74) is -0.135. The molecule has 0 amide bonds. The van der Waals surface area contributed by atoms with Crippen molar-refractivity contribution in [1.82, 2.24) is 0 Å². The number of hydrogen-bond acceptors (Lipinski definition) is 2. The molecule has 2 aromatic rings. The van der Waals surface area contributed by atoms with Crippen LogP contribution < -0.4 is 0 Å². The highest BCUT2D eigenvalue weighted by Crippen LogP contribution is 2.29. The van der Waals surface area contributed by atoms with Gasteiger partial charge >= 0.3 is 6.18 Å². The van der Waals surface area contributed by atoms with E-state index >= 15 is 0 Å². The summed E-state index contributed by atoms with van der Waals surface area (Å²) in [7, 11) is 0. The molecule has 0 atom stereocenters. The monoisotopic (exact) mass is 254 g/mol. The fourth-order valence-electron chi connectivity index (χ4n) is 1.55. The molecule has 1 aromatic carbocycles. The molecule has 5 heteroatoms. The van der Waals surface area contributed by atoms with Gasteiger partial charge in [0, 0.05) is 12.0 Å². The number of hydrogen-bond donors (Lipinski definition) is 0. The zero-order valence-corrected chi connectivity index (χ0v) is 9.20. The van der Waals surface area contributed by atoms with Crippen molar-refractivity contribution in [3.8, 4) is 0 Å². The van der Waals surface area contributed by atoms with Gasteiger partial charge in [0.1, 0.15) is 0 Å². The van der Waals surface area contributed by atoms with Crippen molar-refractivity contribution in [2.45, 2.75) is 12.6 Å². The second-order valence-electron chi connectivity index (χ2n) is 3.81. The largest absolute Gasteiger partial charge is 0.472 e. The molecular weight excluding hydrogens is 245 g/mol. The Morgan fingerprint density at radius 2 is 2.00 bits per heavy atom. The summed E-state index contributed by atoms with van der Waals surface area (Å²) in [5.74, 6) is -0.373. The van der Waals surface area contributed by atoms with Crippen molar-refractivity contribution in [1.29, 1.82) is 0 Å². The van der Waals surface area contributed by atoms with E-state index in [0.717, 1.165) is 12.1 Å². The first-order valence-corrected chi connectivity index (χ1v) is 5.18. The Hall–Kier alpha value is -2.04. The number of alkyl halides is 3. The normalized spacial score (nSPS) is 11.5. The molecule has 0 saturated carbocycles. The lowest BCUT2D eigenvalue weighted by molar-refractivity contribution is -0.137. The van der Waals surface area contributed by atoms with Crippen LogP contribution in [0.3, 0.4) is 0 Å². The molecule has 0 radical (unpaired) electrons. The molecule has 18 heavy (non-hydrogen) atoms. The maximum Gasteiger partial charge on any atom is 0.416 e. The summed E-state index contributed by atoms with van der Waals surface area (Å²) in [6.45, 7) is 0. The van der Waals surface area contributed by atoms with Crippen molar-refractivity contribution in [2.24, 2.45) is 0 Å². The third-order valence-electron chi connectivity index (χ3n) is 2.46. The summed E-state index contributed by atoms with van der Waals surface area (Å²) in [5, 5.41) is 0. The fraction of sp³-hybridized carbons (Fsp3) is 0.154. The van der Waals surface area contributed by atoms with Crippen LogP contribution in [0.15, 0.2) is 47.3 Å². The Labute approximate surface area is 101 Å². The first-order valence-electron chi connectivity index (χ1n) is 5.18. The highest BCUT2D eigenvalue weighted by atomic mass is 19.4. The van der Waals surface area contributed by atoms with E-state index in [1.807, 2.05) is 0 Å². The van der Waals surface area contributed by atoms with E-state index in [9.17, 15) is 18.0 Å². The summed E-state index contributed by atoms with van der Waals surface area (Å²) >= 11 is 0. The number of carbonyl (C=O) groups excluding carboxylic acids is 1. The van der Waals surface area contributed by atoms with Crippen LogP contribution in [0.2, 0.25) is 0 Å². The van der Waals surface area contributed by atoms with Gasteiger partial charge in [0.2, 0.25) is 0 Å². The Bertz CT molecular complexity index is 542. The van der Waals surface area contributed by atoms with Crippen LogP contribution in [-0.4, -0.2) is 5.78 Å². The molecule has 0 aliphatic rings. The van der Waals surface area contributed by atoms with Gasteiger partial charge in [-0.3, -0.25) is 4.79 Å². The maximum atomic E-state index is 12.5.